The summed E-state index contributed by atoms with van der Waals surface area (Å²) in [7, 11) is 7.95. The van der Waals surface area contributed by atoms with Crippen molar-refractivity contribution in [2.75, 3.05) is 27.7 Å². The quantitative estimate of drug-likeness (QED) is 0.373. The highest BCUT2D eigenvalue weighted by molar-refractivity contribution is 6.01. The van der Waals surface area contributed by atoms with Crippen LogP contribution in [0.25, 0.3) is 5.57 Å². The Morgan fingerprint density at radius 1 is 1.17 bits per heavy atom. The molecule has 0 radical (unpaired) electrons. The van der Waals surface area contributed by atoms with E-state index in [1.807, 2.05) is 29.4 Å². The van der Waals surface area contributed by atoms with Gasteiger partial charge < -0.3 is 10.3 Å². The zero-order valence-corrected chi connectivity index (χ0v) is 24.9. The fourth-order valence-corrected chi connectivity index (χ4v) is 5.80. The van der Waals surface area contributed by atoms with E-state index in [0.29, 0.717) is 5.92 Å². The summed E-state index contributed by atoms with van der Waals surface area (Å²) in [6.45, 7) is 4.10. The number of rotatable bonds is 9. The summed E-state index contributed by atoms with van der Waals surface area (Å²) in [6.07, 6.45) is 11.7. The first-order chi connectivity index (χ1) is 19.9. The number of hydrogen-bond donors (Lipinski definition) is 1. The largest absolute Gasteiger partial charge is 0.312 e. The summed E-state index contributed by atoms with van der Waals surface area (Å²) in [4.78, 5) is 16.0. The summed E-state index contributed by atoms with van der Waals surface area (Å²) in [5.74, 6) is 1.80. The van der Waals surface area contributed by atoms with Gasteiger partial charge in [0.1, 0.15) is 5.84 Å². The maximum Gasteiger partial charge on any atom is 0.175 e. The number of aromatic nitrogens is 4. The zero-order valence-electron chi connectivity index (χ0n) is 24.9. The van der Waals surface area contributed by atoms with E-state index in [0.717, 1.165) is 62.4 Å². The number of hydrogen-bond acceptors (Lipinski definition) is 6. The van der Waals surface area contributed by atoms with E-state index in [-0.39, 0.29) is 5.92 Å². The Morgan fingerprint density at radius 3 is 2.80 bits per heavy atom. The molecule has 0 saturated carbocycles. The monoisotopic (exact) mass is 551 g/mol. The Kier molecular flexibility index (Phi) is 8.83. The van der Waals surface area contributed by atoms with Crippen LogP contribution < -0.4 is 0 Å². The molecular formula is C32H41N9. The second kappa shape index (κ2) is 12.7. The third-order valence-electron chi connectivity index (χ3n) is 7.99. The Labute approximate surface area is 242 Å². The van der Waals surface area contributed by atoms with Crippen molar-refractivity contribution in [3.8, 4) is 0 Å². The van der Waals surface area contributed by atoms with Gasteiger partial charge in [0.05, 0.1) is 23.9 Å². The molecule has 2 aromatic heterocycles. The average molecular weight is 552 g/mol. The second-order valence-electron chi connectivity index (χ2n) is 11.3. The van der Waals surface area contributed by atoms with E-state index in [4.69, 9.17) is 20.5 Å². The first kappa shape index (κ1) is 28.5. The summed E-state index contributed by atoms with van der Waals surface area (Å²) in [5, 5.41) is 17.4. The van der Waals surface area contributed by atoms with Crippen LogP contribution in [0.4, 0.5) is 5.82 Å². The number of nitrogens with zero attached hydrogens (tertiary/aromatic N) is 8. The molecule has 0 bridgehead atoms. The highest BCUT2D eigenvalue weighted by atomic mass is 15.3. The van der Waals surface area contributed by atoms with Crippen LogP contribution in [-0.2, 0) is 26.4 Å². The zero-order chi connectivity index (χ0) is 28.9. The van der Waals surface area contributed by atoms with E-state index >= 15 is 0 Å². The van der Waals surface area contributed by atoms with Crippen molar-refractivity contribution in [2.45, 2.75) is 51.5 Å². The van der Waals surface area contributed by atoms with Crippen molar-refractivity contribution in [1.82, 2.24) is 24.5 Å². The van der Waals surface area contributed by atoms with Crippen LogP contribution in [0.2, 0.25) is 0 Å². The number of allylic oxidation sites excluding steroid dienone is 2. The van der Waals surface area contributed by atoms with Crippen LogP contribution in [0.3, 0.4) is 0 Å². The third kappa shape index (κ3) is 6.51. The molecule has 1 aliphatic carbocycles. The van der Waals surface area contributed by atoms with Crippen LogP contribution in [-0.4, -0.2) is 76.6 Å². The Balaban J connectivity index is 1.44. The van der Waals surface area contributed by atoms with Crippen molar-refractivity contribution in [3.63, 3.8) is 0 Å². The smallest absolute Gasteiger partial charge is 0.175 e. The summed E-state index contributed by atoms with van der Waals surface area (Å²) in [6, 6.07) is 10.5. The Hall–Kier alpha value is -3.98. The summed E-state index contributed by atoms with van der Waals surface area (Å²) >= 11 is 0. The molecule has 1 aliphatic heterocycles. The number of benzene rings is 1. The van der Waals surface area contributed by atoms with Crippen LogP contribution >= 0.6 is 0 Å². The number of fused-ring (bicyclic) bond motifs is 2. The molecule has 2 atom stereocenters. The first-order valence-corrected chi connectivity index (χ1v) is 14.5. The molecular weight excluding hydrogens is 510 g/mol. The minimum Gasteiger partial charge on any atom is -0.312 e. The number of aryl methyl sites for hydroxylation is 2. The number of nitrogens with one attached hydrogen (secondary N) is 1. The third-order valence-corrected chi connectivity index (χ3v) is 7.99. The lowest BCUT2D eigenvalue weighted by Gasteiger charge is -2.26. The molecule has 3 heterocycles. The highest BCUT2D eigenvalue weighted by Gasteiger charge is 2.30. The topological polar surface area (TPSA) is 99.8 Å². The molecule has 2 aliphatic rings. The molecule has 5 rings (SSSR count). The predicted molar refractivity (Wildman–Crippen MR) is 168 cm³/mol. The number of aliphatic imine (C=N–C) groups is 3. The van der Waals surface area contributed by atoms with Crippen LogP contribution in [0, 0.1) is 11.3 Å². The highest BCUT2D eigenvalue weighted by Crippen LogP contribution is 2.40. The van der Waals surface area contributed by atoms with Gasteiger partial charge >= 0.3 is 0 Å². The normalized spacial score (nSPS) is 19.0. The van der Waals surface area contributed by atoms with Gasteiger partial charge in [0.15, 0.2) is 5.82 Å². The fourth-order valence-electron chi connectivity index (χ4n) is 5.80. The molecule has 2 unspecified atom stereocenters. The average Bonchev–Trinajstić information content (AvgIpc) is 3.54. The van der Waals surface area contributed by atoms with Gasteiger partial charge in [-0.2, -0.15) is 10.2 Å². The molecule has 0 fully saturated rings. The van der Waals surface area contributed by atoms with Gasteiger partial charge in [-0.3, -0.25) is 14.4 Å². The van der Waals surface area contributed by atoms with Gasteiger partial charge in [-0.25, -0.2) is 9.98 Å². The van der Waals surface area contributed by atoms with E-state index in [9.17, 15) is 0 Å². The van der Waals surface area contributed by atoms with E-state index in [2.05, 4.69) is 72.0 Å². The lowest BCUT2D eigenvalue weighted by Crippen LogP contribution is -2.18. The molecule has 1 aromatic carbocycles. The molecule has 1 N–H and O–H groups in total. The lowest BCUT2D eigenvalue weighted by molar-refractivity contribution is 0.373. The summed E-state index contributed by atoms with van der Waals surface area (Å²) in [5.41, 5.74) is 8.70. The lowest BCUT2D eigenvalue weighted by atomic mass is 9.79. The van der Waals surface area contributed by atoms with E-state index < -0.39 is 0 Å². The molecule has 9 heteroatoms. The molecule has 9 nitrogen and oxygen atoms in total. The minimum absolute atomic E-state index is 0.112. The fraction of sp³-hybridized carbons (Fsp3) is 0.438. The van der Waals surface area contributed by atoms with E-state index in [1.54, 1.807) is 7.05 Å². The van der Waals surface area contributed by atoms with Crippen LogP contribution in [0.1, 0.15) is 60.2 Å². The minimum atomic E-state index is -0.112. The van der Waals surface area contributed by atoms with Gasteiger partial charge in [-0.15, -0.1) is 0 Å². The van der Waals surface area contributed by atoms with Crippen molar-refractivity contribution < 1.29 is 0 Å². The summed E-state index contributed by atoms with van der Waals surface area (Å²) < 4.78 is 4.01. The predicted octanol–water partition coefficient (Wildman–Crippen LogP) is 5.13. The van der Waals surface area contributed by atoms with Crippen LogP contribution in [0.5, 0.6) is 0 Å². The Bertz CT molecular complexity index is 1520. The van der Waals surface area contributed by atoms with Crippen LogP contribution in [0.15, 0.2) is 57.1 Å². The standard InChI is InChI=1S/C32H41N9/c1-22-9-12-29(36-30-13-14-41(38-30)16-15-39(3)4)35-21-25-10-11-27-32(31(22)25)28(40(5)37-27)18-23-7-6-8-24(17-23)26(19-33)20-34-2/h6-8,13-14,17,19-22,26,33H,9-12,15-16,18H2,1-5H3. The van der Waals surface area contributed by atoms with Crippen molar-refractivity contribution in [1.29, 1.82) is 5.41 Å². The van der Waals surface area contributed by atoms with Crippen molar-refractivity contribution >= 4 is 35.9 Å². The SMILES string of the molecule is CN=CC(C=N)c1cccc(Cc2c3c(nn2C)CCC2=C3C(C)CCC(=Nc3ccn(CCN(C)C)n3)N=C2)c1. The maximum absolute atomic E-state index is 7.83. The number of likely N-dealkylation sites (N-methyl/N-ethyl adjacent to an activating group) is 1. The molecule has 0 amide bonds. The van der Waals surface area contributed by atoms with E-state index in [1.165, 1.54) is 39.9 Å². The van der Waals surface area contributed by atoms with Gasteiger partial charge in [0, 0.05) is 70.0 Å². The molecule has 0 spiro atoms. The molecule has 0 saturated heterocycles. The maximum atomic E-state index is 7.83. The molecule has 3 aromatic rings. The van der Waals surface area contributed by atoms with Gasteiger partial charge in [-0.05, 0) is 61.5 Å². The first-order valence-electron chi connectivity index (χ1n) is 14.5. The van der Waals surface area contributed by atoms with Gasteiger partial charge in [-0.1, -0.05) is 31.2 Å². The van der Waals surface area contributed by atoms with Gasteiger partial charge in [0.2, 0.25) is 0 Å². The number of amidine groups is 1. The van der Waals surface area contributed by atoms with Crippen molar-refractivity contribution in [2.24, 2.45) is 27.9 Å². The second-order valence-corrected chi connectivity index (χ2v) is 11.3. The Morgan fingerprint density at radius 2 is 2.02 bits per heavy atom. The van der Waals surface area contributed by atoms with Gasteiger partial charge in [0.25, 0.3) is 0 Å². The molecule has 41 heavy (non-hydrogen) atoms. The molecule has 214 valence electrons. The van der Waals surface area contributed by atoms with Crippen molar-refractivity contribution in [3.05, 3.63) is 70.2 Å².